The number of rotatable bonds is 7. The van der Waals surface area contributed by atoms with E-state index in [0.29, 0.717) is 19.8 Å². The number of anilines is 1. The highest BCUT2D eigenvalue weighted by atomic mass is 16.5. The monoisotopic (exact) mass is 360 g/mol. The predicted octanol–water partition coefficient (Wildman–Crippen LogP) is 3.44. The Morgan fingerprint density at radius 1 is 1.23 bits per heavy atom. The summed E-state index contributed by atoms with van der Waals surface area (Å²) in [5, 5.41) is 14.0. The first-order valence-electron chi connectivity index (χ1n) is 9.77. The molecule has 0 unspecified atom stereocenters. The molecule has 2 heterocycles. The summed E-state index contributed by atoms with van der Waals surface area (Å²) in [6, 6.07) is 0.280. The molecule has 0 saturated carbocycles. The summed E-state index contributed by atoms with van der Waals surface area (Å²) < 4.78 is 7.82. The SMILES string of the molecule is CCOCc1nc2c(NC(C)C)nc3c(c2n1CC(C)(C)O)CCCC3. The zero-order valence-corrected chi connectivity index (χ0v) is 16.7. The quantitative estimate of drug-likeness (QED) is 0.791. The van der Waals surface area contributed by atoms with E-state index in [9.17, 15) is 5.11 Å². The Labute approximate surface area is 156 Å². The predicted molar refractivity (Wildman–Crippen MR) is 105 cm³/mol. The molecular weight excluding hydrogens is 328 g/mol. The van der Waals surface area contributed by atoms with Crippen LogP contribution in [0, 0.1) is 0 Å². The first-order chi connectivity index (χ1) is 12.3. The van der Waals surface area contributed by atoms with Gasteiger partial charge >= 0.3 is 0 Å². The van der Waals surface area contributed by atoms with Gasteiger partial charge in [0.25, 0.3) is 0 Å². The minimum Gasteiger partial charge on any atom is -0.389 e. The highest BCUT2D eigenvalue weighted by Gasteiger charge is 2.26. The molecule has 1 aliphatic rings. The number of nitrogens with zero attached hydrogens (tertiary/aromatic N) is 3. The molecule has 0 amide bonds. The summed E-state index contributed by atoms with van der Waals surface area (Å²) in [4.78, 5) is 9.82. The van der Waals surface area contributed by atoms with E-state index >= 15 is 0 Å². The number of hydrogen-bond acceptors (Lipinski definition) is 5. The number of ether oxygens (including phenoxy) is 1. The van der Waals surface area contributed by atoms with Crippen LogP contribution in [0.25, 0.3) is 11.0 Å². The number of imidazole rings is 1. The number of nitrogens with one attached hydrogen (secondary N) is 1. The highest BCUT2D eigenvalue weighted by molar-refractivity contribution is 5.90. The average Bonchev–Trinajstić information content (AvgIpc) is 2.90. The first kappa shape index (κ1) is 19.1. The lowest BCUT2D eigenvalue weighted by Gasteiger charge is -2.23. The smallest absolute Gasteiger partial charge is 0.154 e. The molecule has 6 heteroatoms. The molecule has 0 aliphatic heterocycles. The Balaban J connectivity index is 2.24. The first-order valence-corrected chi connectivity index (χ1v) is 9.77. The fourth-order valence-electron chi connectivity index (χ4n) is 3.66. The van der Waals surface area contributed by atoms with Gasteiger partial charge < -0.3 is 19.7 Å². The van der Waals surface area contributed by atoms with Crippen LogP contribution in [0.5, 0.6) is 0 Å². The fourth-order valence-corrected chi connectivity index (χ4v) is 3.66. The molecule has 0 spiro atoms. The van der Waals surface area contributed by atoms with Crippen molar-refractivity contribution in [1.29, 1.82) is 0 Å². The van der Waals surface area contributed by atoms with Crippen molar-refractivity contribution in [3.8, 4) is 0 Å². The van der Waals surface area contributed by atoms with E-state index in [0.717, 1.165) is 35.5 Å². The van der Waals surface area contributed by atoms with Crippen LogP contribution in [0.15, 0.2) is 0 Å². The van der Waals surface area contributed by atoms with Crippen molar-refractivity contribution in [3.05, 3.63) is 17.1 Å². The van der Waals surface area contributed by atoms with E-state index in [2.05, 4.69) is 23.7 Å². The van der Waals surface area contributed by atoms with Crippen molar-refractivity contribution in [3.63, 3.8) is 0 Å². The van der Waals surface area contributed by atoms with Crippen molar-refractivity contribution in [2.45, 2.75) is 85.1 Å². The second-order valence-electron chi connectivity index (χ2n) is 8.15. The summed E-state index contributed by atoms with van der Waals surface area (Å²) in [5.41, 5.74) is 3.66. The van der Waals surface area contributed by atoms with Crippen LogP contribution in [-0.4, -0.2) is 37.9 Å². The van der Waals surface area contributed by atoms with Crippen LogP contribution in [0.4, 0.5) is 5.82 Å². The van der Waals surface area contributed by atoms with Gasteiger partial charge in [-0.1, -0.05) is 0 Å². The fraction of sp³-hybridized carbons (Fsp3) is 0.700. The maximum absolute atomic E-state index is 10.5. The minimum absolute atomic E-state index is 0.280. The second-order valence-corrected chi connectivity index (χ2v) is 8.15. The Morgan fingerprint density at radius 3 is 2.62 bits per heavy atom. The van der Waals surface area contributed by atoms with E-state index in [-0.39, 0.29) is 6.04 Å². The largest absolute Gasteiger partial charge is 0.389 e. The maximum Gasteiger partial charge on any atom is 0.154 e. The van der Waals surface area contributed by atoms with Crippen LogP contribution in [0.1, 0.15) is 64.5 Å². The van der Waals surface area contributed by atoms with Crippen LogP contribution in [0.2, 0.25) is 0 Å². The molecule has 0 aromatic carbocycles. The van der Waals surface area contributed by atoms with E-state index < -0.39 is 5.60 Å². The molecule has 0 saturated heterocycles. The standard InChI is InChI=1S/C20H32N4O2/c1-6-26-11-16-23-17-18(24(16)12-20(4,5)25)14-9-7-8-10-15(14)22-19(17)21-13(2)3/h13,25H,6-12H2,1-5H3,(H,21,22). The summed E-state index contributed by atoms with van der Waals surface area (Å²) in [7, 11) is 0. The number of aryl methyl sites for hydroxylation is 2. The third kappa shape index (κ3) is 4.01. The van der Waals surface area contributed by atoms with Gasteiger partial charge in [0, 0.05) is 18.3 Å². The van der Waals surface area contributed by atoms with Gasteiger partial charge in [0.15, 0.2) is 5.82 Å². The zero-order chi connectivity index (χ0) is 18.9. The van der Waals surface area contributed by atoms with E-state index in [1.165, 1.54) is 24.1 Å². The number of fused-ring (bicyclic) bond motifs is 3. The summed E-state index contributed by atoms with van der Waals surface area (Å²) in [5.74, 6) is 1.71. The lowest BCUT2D eigenvalue weighted by Crippen LogP contribution is -2.27. The van der Waals surface area contributed by atoms with Gasteiger partial charge in [-0.05, 0) is 65.9 Å². The molecule has 26 heavy (non-hydrogen) atoms. The van der Waals surface area contributed by atoms with Gasteiger partial charge in [-0.25, -0.2) is 9.97 Å². The second kappa shape index (κ2) is 7.53. The highest BCUT2D eigenvalue weighted by Crippen LogP contribution is 2.33. The maximum atomic E-state index is 10.5. The molecule has 0 radical (unpaired) electrons. The van der Waals surface area contributed by atoms with E-state index in [4.69, 9.17) is 14.7 Å². The Hall–Kier alpha value is -1.66. The van der Waals surface area contributed by atoms with E-state index in [1.54, 1.807) is 0 Å². The van der Waals surface area contributed by atoms with Crippen LogP contribution in [-0.2, 0) is 30.7 Å². The molecule has 2 aromatic heterocycles. The Bertz CT molecular complexity index is 774. The van der Waals surface area contributed by atoms with Crippen molar-refractivity contribution < 1.29 is 9.84 Å². The van der Waals surface area contributed by atoms with Gasteiger partial charge in [-0.15, -0.1) is 0 Å². The molecular formula is C20H32N4O2. The molecule has 2 aromatic rings. The van der Waals surface area contributed by atoms with Gasteiger partial charge in [0.1, 0.15) is 17.9 Å². The Morgan fingerprint density at radius 2 is 1.96 bits per heavy atom. The zero-order valence-electron chi connectivity index (χ0n) is 16.7. The molecule has 144 valence electrons. The Kier molecular flexibility index (Phi) is 5.53. The molecule has 6 nitrogen and oxygen atoms in total. The minimum atomic E-state index is -0.828. The van der Waals surface area contributed by atoms with Gasteiger partial charge in [0.05, 0.1) is 17.7 Å². The van der Waals surface area contributed by atoms with Crippen LogP contribution >= 0.6 is 0 Å². The van der Waals surface area contributed by atoms with Crippen molar-refractivity contribution in [2.75, 3.05) is 11.9 Å². The number of aliphatic hydroxyl groups is 1. The van der Waals surface area contributed by atoms with Gasteiger partial charge in [-0.3, -0.25) is 0 Å². The van der Waals surface area contributed by atoms with Gasteiger partial charge in [0.2, 0.25) is 0 Å². The number of pyridine rings is 1. The lowest BCUT2D eigenvalue weighted by atomic mass is 9.94. The number of hydrogen-bond donors (Lipinski definition) is 2. The summed E-state index contributed by atoms with van der Waals surface area (Å²) in [6.45, 7) is 11.5. The summed E-state index contributed by atoms with van der Waals surface area (Å²) in [6.07, 6.45) is 4.38. The lowest BCUT2D eigenvalue weighted by molar-refractivity contribution is 0.0581. The third-order valence-corrected chi connectivity index (χ3v) is 4.65. The normalized spacial score (nSPS) is 14.9. The number of aromatic nitrogens is 3. The van der Waals surface area contributed by atoms with Crippen molar-refractivity contribution in [2.24, 2.45) is 0 Å². The third-order valence-electron chi connectivity index (χ3n) is 4.65. The van der Waals surface area contributed by atoms with Crippen molar-refractivity contribution >= 4 is 16.9 Å². The molecule has 0 fully saturated rings. The topological polar surface area (TPSA) is 72.2 Å². The average molecular weight is 361 g/mol. The van der Waals surface area contributed by atoms with E-state index in [1.807, 2.05) is 20.8 Å². The molecule has 2 N–H and O–H groups in total. The van der Waals surface area contributed by atoms with Gasteiger partial charge in [-0.2, -0.15) is 0 Å². The molecule has 0 atom stereocenters. The van der Waals surface area contributed by atoms with Crippen molar-refractivity contribution in [1.82, 2.24) is 14.5 Å². The molecule has 1 aliphatic carbocycles. The summed E-state index contributed by atoms with van der Waals surface area (Å²) >= 11 is 0. The molecule has 0 bridgehead atoms. The van der Waals surface area contributed by atoms with Crippen LogP contribution in [0.3, 0.4) is 0 Å². The molecule has 3 rings (SSSR count). The van der Waals surface area contributed by atoms with Crippen LogP contribution < -0.4 is 5.32 Å².